The number of amides is 1. The first kappa shape index (κ1) is 16.7. The lowest BCUT2D eigenvalue weighted by molar-refractivity contribution is -0.134. The largest absolute Gasteiger partial charge is 0.501 e. The molecule has 2 heterocycles. The average molecular weight is 359 g/mol. The molecule has 0 saturated heterocycles. The first-order valence-corrected chi connectivity index (χ1v) is 8.51. The molecule has 0 unspecified atom stereocenters. The van der Waals surface area contributed by atoms with Crippen molar-refractivity contribution in [3.05, 3.63) is 57.5 Å². The summed E-state index contributed by atoms with van der Waals surface area (Å²) in [6, 6.07) is 5.67. The molecule has 1 aromatic carbocycles. The van der Waals surface area contributed by atoms with Gasteiger partial charge in [0.2, 0.25) is 5.75 Å². The maximum Gasteiger partial charge on any atom is 0.296 e. The summed E-state index contributed by atoms with van der Waals surface area (Å²) < 4.78 is 20.2. The van der Waals surface area contributed by atoms with Crippen molar-refractivity contribution >= 4 is 5.91 Å². The molecule has 1 amide bonds. The molecule has 1 spiro atoms. The molecular formula is C18H18FN3O4. The number of nitrogens with zero attached hydrogens (tertiary/aromatic N) is 2. The summed E-state index contributed by atoms with van der Waals surface area (Å²) >= 11 is 0. The van der Waals surface area contributed by atoms with Crippen LogP contribution in [0.2, 0.25) is 0 Å². The monoisotopic (exact) mass is 359 g/mol. The third-order valence-electron chi connectivity index (χ3n) is 4.99. The second-order valence-electron chi connectivity index (χ2n) is 6.59. The number of rotatable bonds is 3. The number of benzene rings is 1. The van der Waals surface area contributed by atoms with Gasteiger partial charge in [-0.05, 0) is 37.0 Å². The Hall–Kier alpha value is -2.74. The SMILES string of the molecule is O=C(NCc1ccc(F)cc1)c1nc2n(c(=O)c1O)CCOC21CCC1. The van der Waals surface area contributed by atoms with Gasteiger partial charge < -0.3 is 15.2 Å². The van der Waals surface area contributed by atoms with Crippen molar-refractivity contribution in [1.82, 2.24) is 14.9 Å². The van der Waals surface area contributed by atoms with E-state index >= 15 is 0 Å². The van der Waals surface area contributed by atoms with E-state index < -0.39 is 22.8 Å². The molecule has 26 heavy (non-hydrogen) atoms. The van der Waals surface area contributed by atoms with Gasteiger partial charge in [-0.25, -0.2) is 9.37 Å². The van der Waals surface area contributed by atoms with Crippen LogP contribution in [-0.2, 0) is 23.4 Å². The Kier molecular flexibility index (Phi) is 3.99. The number of carbonyl (C=O) groups excluding carboxylic acids is 1. The van der Waals surface area contributed by atoms with Gasteiger partial charge in [0, 0.05) is 6.54 Å². The number of carbonyl (C=O) groups is 1. The summed E-state index contributed by atoms with van der Waals surface area (Å²) in [5, 5.41) is 12.8. The molecule has 1 aliphatic carbocycles. The number of hydrogen-bond acceptors (Lipinski definition) is 5. The van der Waals surface area contributed by atoms with Crippen LogP contribution in [0.3, 0.4) is 0 Å². The van der Waals surface area contributed by atoms with Crippen LogP contribution in [0.4, 0.5) is 4.39 Å². The van der Waals surface area contributed by atoms with Crippen LogP contribution in [0.1, 0.15) is 41.1 Å². The molecule has 8 heteroatoms. The smallest absolute Gasteiger partial charge is 0.296 e. The molecule has 0 radical (unpaired) electrons. The number of fused-ring (bicyclic) bond motifs is 2. The van der Waals surface area contributed by atoms with Gasteiger partial charge in [-0.3, -0.25) is 14.2 Å². The number of nitrogens with one attached hydrogen (secondary N) is 1. The van der Waals surface area contributed by atoms with Crippen molar-refractivity contribution in [2.45, 2.75) is 38.0 Å². The number of hydrogen-bond donors (Lipinski definition) is 2. The Balaban J connectivity index is 1.63. The van der Waals surface area contributed by atoms with Crippen molar-refractivity contribution in [2.24, 2.45) is 0 Å². The minimum Gasteiger partial charge on any atom is -0.501 e. The molecule has 2 aromatic rings. The average Bonchev–Trinajstić information content (AvgIpc) is 2.62. The van der Waals surface area contributed by atoms with Crippen molar-refractivity contribution < 1.29 is 19.0 Å². The van der Waals surface area contributed by atoms with Gasteiger partial charge in [-0.15, -0.1) is 0 Å². The fourth-order valence-corrected chi connectivity index (χ4v) is 3.39. The van der Waals surface area contributed by atoms with E-state index in [2.05, 4.69) is 10.3 Å². The molecular weight excluding hydrogens is 341 g/mol. The summed E-state index contributed by atoms with van der Waals surface area (Å²) in [6.45, 7) is 0.804. The zero-order valence-corrected chi connectivity index (χ0v) is 14.0. The topological polar surface area (TPSA) is 93.5 Å². The van der Waals surface area contributed by atoms with Gasteiger partial charge in [0.1, 0.15) is 17.2 Å². The van der Waals surface area contributed by atoms with Gasteiger partial charge in [-0.2, -0.15) is 0 Å². The van der Waals surface area contributed by atoms with Crippen molar-refractivity contribution in [3.8, 4) is 5.75 Å². The molecule has 1 aromatic heterocycles. The van der Waals surface area contributed by atoms with Crippen LogP contribution < -0.4 is 10.9 Å². The summed E-state index contributed by atoms with van der Waals surface area (Å²) in [6.07, 6.45) is 2.44. The summed E-state index contributed by atoms with van der Waals surface area (Å²) in [5.74, 6) is -1.29. The zero-order chi connectivity index (χ0) is 18.3. The normalized spacial score (nSPS) is 17.4. The van der Waals surface area contributed by atoms with Crippen LogP contribution >= 0.6 is 0 Å². The maximum absolute atomic E-state index is 12.9. The molecule has 7 nitrogen and oxygen atoms in total. The molecule has 0 atom stereocenters. The fraction of sp³-hybridized carbons (Fsp3) is 0.389. The number of ether oxygens (including phenoxy) is 1. The molecule has 1 fully saturated rings. The highest BCUT2D eigenvalue weighted by Gasteiger charge is 2.46. The van der Waals surface area contributed by atoms with E-state index in [9.17, 15) is 19.1 Å². The van der Waals surface area contributed by atoms with Crippen LogP contribution in [0.25, 0.3) is 0 Å². The Labute approximate surface area is 148 Å². The standard InChI is InChI=1S/C18H18FN3O4/c19-12-4-2-11(3-5-12)10-20-15(24)13-14(23)16(25)22-8-9-26-18(6-1-7-18)17(22)21-13/h2-5,23H,1,6-10H2,(H,20,24). The van der Waals surface area contributed by atoms with Gasteiger partial charge in [0.15, 0.2) is 5.69 Å². The molecule has 1 saturated carbocycles. The van der Waals surface area contributed by atoms with Gasteiger partial charge >= 0.3 is 0 Å². The summed E-state index contributed by atoms with van der Waals surface area (Å²) in [4.78, 5) is 29.2. The highest BCUT2D eigenvalue weighted by Crippen LogP contribution is 2.45. The minimum absolute atomic E-state index is 0.125. The minimum atomic E-state index is -0.665. The molecule has 0 bridgehead atoms. The lowest BCUT2D eigenvalue weighted by Crippen LogP contribution is -2.49. The van der Waals surface area contributed by atoms with Crippen LogP contribution in [-0.4, -0.2) is 27.2 Å². The zero-order valence-electron chi connectivity index (χ0n) is 14.0. The number of halogens is 1. The van der Waals surface area contributed by atoms with Crippen LogP contribution in [0.15, 0.2) is 29.1 Å². The highest BCUT2D eigenvalue weighted by molar-refractivity contribution is 5.94. The number of aromatic nitrogens is 2. The van der Waals surface area contributed by atoms with Crippen LogP contribution in [0, 0.1) is 5.82 Å². The molecule has 136 valence electrons. The van der Waals surface area contributed by atoms with Crippen molar-refractivity contribution in [3.63, 3.8) is 0 Å². The fourth-order valence-electron chi connectivity index (χ4n) is 3.39. The van der Waals surface area contributed by atoms with Gasteiger partial charge in [-0.1, -0.05) is 12.1 Å². The molecule has 1 aliphatic heterocycles. The molecule has 2 aliphatic rings. The lowest BCUT2D eigenvalue weighted by Gasteiger charge is -2.44. The Morgan fingerprint density at radius 3 is 2.73 bits per heavy atom. The predicted octanol–water partition coefficient (Wildman–Crippen LogP) is 1.43. The summed E-state index contributed by atoms with van der Waals surface area (Å²) in [5.41, 5.74) is -0.874. The van der Waals surface area contributed by atoms with Gasteiger partial charge in [0.05, 0.1) is 13.2 Å². The molecule has 2 N–H and O–H groups in total. The van der Waals surface area contributed by atoms with E-state index in [1.54, 1.807) is 12.1 Å². The highest BCUT2D eigenvalue weighted by atomic mass is 19.1. The Bertz CT molecular complexity index is 919. The number of aromatic hydroxyl groups is 1. The van der Waals surface area contributed by atoms with Crippen LogP contribution in [0.5, 0.6) is 5.75 Å². The van der Waals surface area contributed by atoms with E-state index in [0.29, 0.717) is 24.5 Å². The van der Waals surface area contributed by atoms with E-state index in [-0.39, 0.29) is 18.1 Å². The molecule has 4 rings (SSSR count). The predicted molar refractivity (Wildman–Crippen MR) is 89.2 cm³/mol. The Morgan fingerprint density at radius 2 is 2.08 bits per heavy atom. The maximum atomic E-state index is 12.9. The third-order valence-corrected chi connectivity index (χ3v) is 4.99. The van der Waals surface area contributed by atoms with E-state index in [0.717, 1.165) is 19.3 Å². The third kappa shape index (κ3) is 2.66. The summed E-state index contributed by atoms with van der Waals surface area (Å²) in [7, 11) is 0. The van der Waals surface area contributed by atoms with Crippen molar-refractivity contribution in [1.29, 1.82) is 0 Å². The van der Waals surface area contributed by atoms with Gasteiger partial charge in [0.25, 0.3) is 11.5 Å². The van der Waals surface area contributed by atoms with E-state index in [1.807, 2.05) is 0 Å². The first-order valence-electron chi connectivity index (χ1n) is 8.51. The second-order valence-corrected chi connectivity index (χ2v) is 6.59. The van der Waals surface area contributed by atoms with E-state index in [4.69, 9.17) is 4.74 Å². The van der Waals surface area contributed by atoms with Crippen molar-refractivity contribution in [2.75, 3.05) is 6.61 Å². The lowest BCUT2D eigenvalue weighted by atomic mass is 9.78. The van der Waals surface area contributed by atoms with E-state index in [1.165, 1.54) is 16.7 Å². The Morgan fingerprint density at radius 1 is 1.35 bits per heavy atom. The quantitative estimate of drug-likeness (QED) is 0.865. The first-order chi connectivity index (χ1) is 12.5. The second kappa shape index (κ2) is 6.21.